The van der Waals surface area contributed by atoms with Gasteiger partial charge in [0.15, 0.2) is 0 Å². The number of allylic oxidation sites excluding steroid dienone is 1. The topological polar surface area (TPSA) is 130 Å². The molecule has 0 aromatic rings. The second-order valence-electron chi connectivity index (χ2n) is 2.67. The molecule has 0 saturated carbocycles. The van der Waals surface area contributed by atoms with Gasteiger partial charge < -0.3 is 14.3 Å². The Balaban J connectivity index is 4.53. The van der Waals surface area contributed by atoms with Crippen molar-refractivity contribution in [1.29, 1.82) is 0 Å². The van der Waals surface area contributed by atoms with Gasteiger partial charge in [-0.3, -0.25) is 4.89 Å². The molecule has 10 heteroatoms. The van der Waals surface area contributed by atoms with Crippen LogP contribution in [0.4, 0.5) is 0 Å². The van der Waals surface area contributed by atoms with Crippen LogP contribution in [0.1, 0.15) is 13.8 Å². The lowest BCUT2D eigenvalue weighted by molar-refractivity contribution is -0.130. The summed E-state index contributed by atoms with van der Waals surface area (Å²) < 4.78 is 28.2. The first-order valence-electron chi connectivity index (χ1n) is 3.50. The van der Waals surface area contributed by atoms with E-state index in [-0.39, 0.29) is 0 Å². The summed E-state index contributed by atoms with van der Waals surface area (Å²) in [5.74, 6) is -1.23. The van der Waals surface area contributed by atoms with Crippen LogP contribution in [0.25, 0.3) is 0 Å². The van der Waals surface area contributed by atoms with Crippen molar-refractivity contribution >= 4 is 21.6 Å². The SMILES string of the molecule is CC(C)=CC(=O)OP(=O)(O)OP(=O)(O)O. The van der Waals surface area contributed by atoms with E-state index in [0.717, 1.165) is 6.08 Å². The van der Waals surface area contributed by atoms with Crippen LogP contribution in [0.15, 0.2) is 11.6 Å². The van der Waals surface area contributed by atoms with E-state index < -0.39 is 21.6 Å². The third-order valence-corrected chi connectivity index (χ3v) is 2.91. The zero-order chi connectivity index (χ0) is 12.3. The Labute approximate surface area is 85.4 Å². The Morgan fingerprint density at radius 3 is 2.00 bits per heavy atom. The maximum absolute atomic E-state index is 10.8. The molecule has 0 aliphatic heterocycles. The maximum Gasteiger partial charge on any atom is 0.538 e. The van der Waals surface area contributed by atoms with Crippen molar-refractivity contribution in [1.82, 2.24) is 0 Å². The highest BCUT2D eigenvalue weighted by Gasteiger charge is 2.34. The lowest BCUT2D eigenvalue weighted by Gasteiger charge is -2.10. The molecule has 0 aromatic carbocycles. The molecule has 0 bridgehead atoms. The number of carbonyl (C=O) groups is 1. The van der Waals surface area contributed by atoms with Gasteiger partial charge in [0.25, 0.3) is 0 Å². The molecule has 0 spiro atoms. The molecule has 8 nitrogen and oxygen atoms in total. The first-order valence-corrected chi connectivity index (χ1v) is 6.52. The largest absolute Gasteiger partial charge is 0.538 e. The smallest absolute Gasteiger partial charge is 0.367 e. The second-order valence-corrected chi connectivity index (χ2v) is 5.43. The third kappa shape index (κ3) is 8.50. The van der Waals surface area contributed by atoms with E-state index in [1.54, 1.807) is 0 Å². The monoisotopic (exact) mass is 260 g/mol. The van der Waals surface area contributed by atoms with Crippen molar-refractivity contribution < 1.29 is 37.4 Å². The minimum absolute atomic E-state index is 0.483. The zero-order valence-corrected chi connectivity index (χ0v) is 9.64. The number of hydrogen-bond donors (Lipinski definition) is 3. The van der Waals surface area contributed by atoms with Gasteiger partial charge in [0.2, 0.25) is 0 Å². The van der Waals surface area contributed by atoms with Gasteiger partial charge >= 0.3 is 21.6 Å². The molecular weight excluding hydrogens is 250 g/mol. The fourth-order valence-corrected chi connectivity index (χ4v) is 2.02. The molecule has 0 amide bonds. The predicted molar refractivity (Wildman–Crippen MR) is 48.5 cm³/mol. The van der Waals surface area contributed by atoms with Gasteiger partial charge in [0.1, 0.15) is 0 Å². The standard InChI is InChI=1S/C5H10O8P2/c1-4(2)3-5(6)12-15(10,11)13-14(7,8)9/h3H,1-2H3,(H,10,11)(H2,7,8,9). The Hall–Kier alpha value is -0.490. The Kier molecular flexibility index (Phi) is 4.86. The molecule has 0 rings (SSSR count). The molecule has 0 saturated heterocycles. The van der Waals surface area contributed by atoms with E-state index in [2.05, 4.69) is 8.83 Å². The lowest BCUT2D eigenvalue weighted by atomic mass is 10.3. The van der Waals surface area contributed by atoms with Crippen LogP contribution in [0.2, 0.25) is 0 Å². The first kappa shape index (κ1) is 14.5. The third-order valence-electron chi connectivity index (χ3n) is 0.821. The molecule has 0 radical (unpaired) electrons. The van der Waals surface area contributed by atoms with Crippen molar-refractivity contribution in [3.63, 3.8) is 0 Å². The Morgan fingerprint density at radius 1 is 1.20 bits per heavy atom. The summed E-state index contributed by atoms with van der Waals surface area (Å²) in [5.41, 5.74) is 0.483. The molecule has 0 aliphatic rings. The van der Waals surface area contributed by atoms with E-state index in [0.29, 0.717) is 5.57 Å². The number of phosphoric ester groups is 1. The summed E-state index contributed by atoms with van der Waals surface area (Å²) in [6, 6.07) is 0. The molecule has 0 fully saturated rings. The van der Waals surface area contributed by atoms with Crippen LogP contribution in [0.5, 0.6) is 0 Å². The Bertz CT molecular complexity index is 361. The summed E-state index contributed by atoms with van der Waals surface area (Å²) >= 11 is 0. The van der Waals surface area contributed by atoms with Gasteiger partial charge in [-0.15, -0.1) is 0 Å². The minimum Gasteiger partial charge on any atom is -0.367 e. The molecular formula is C5H10O8P2. The minimum atomic E-state index is -5.19. The molecule has 0 aliphatic carbocycles. The van der Waals surface area contributed by atoms with Crippen molar-refractivity contribution in [3.8, 4) is 0 Å². The quantitative estimate of drug-likeness (QED) is 0.497. The van der Waals surface area contributed by atoms with Gasteiger partial charge in [0, 0.05) is 6.08 Å². The van der Waals surface area contributed by atoms with E-state index in [1.165, 1.54) is 13.8 Å². The molecule has 1 unspecified atom stereocenters. The fraction of sp³-hybridized carbons (Fsp3) is 0.400. The van der Waals surface area contributed by atoms with Gasteiger partial charge in [0.05, 0.1) is 0 Å². The van der Waals surface area contributed by atoms with Gasteiger partial charge in [-0.2, -0.15) is 4.31 Å². The highest BCUT2D eigenvalue weighted by Crippen LogP contribution is 2.57. The van der Waals surface area contributed by atoms with Crippen LogP contribution in [0, 0.1) is 0 Å². The summed E-state index contributed by atoms with van der Waals surface area (Å²) in [6.45, 7) is 3.04. The summed E-state index contributed by atoms with van der Waals surface area (Å²) in [7, 11) is -10.3. The van der Waals surface area contributed by atoms with Crippen LogP contribution < -0.4 is 0 Å². The number of hydrogen-bond acceptors (Lipinski definition) is 5. The van der Waals surface area contributed by atoms with Crippen molar-refractivity contribution in [2.75, 3.05) is 0 Å². The Morgan fingerprint density at radius 2 is 1.67 bits per heavy atom. The van der Waals surface area contributed by atoms with Crippen molar-refractivity contribution in [2.45, 2.75) is 13.8 Å². The highest BCUT2D eigenvalue weighted by atomic mass is 31.3. The van der Waals surface area contributed by atoms with Crippen molar-refractivity contribution in [2.24, 2.45) is 0 Å². The summed E-state index contributed by atoms with van der Waals surface area (Å²) in [4.78, 5) is 35.9. The van der Waals surface area contributed by atoms with E-state index in [4.69, 9.17) is 14.7 Å². The average Bonchev–Trinajstić information content (AvgIpc) is 1.73. The maximum atomic E-state index is 10.8. The normalized spacial score (nSPS) is 15.3. The van der Waals surface area contributed by atoms with Crippen LogP contribution in [-0.2, 0) is 22.8 Å². The average molecular weight is 260 g/mol. The lowest BCUT2D eigenvalue weighted by Crippen LogP contribution is -2.01. The molecule has 0 heterocycles. The summed E-state index contributed by atoms with van der Waals surface area (Å²) in [5, 5.41) is 0. The van der Waals surface area contributed by atoms with E-state index >= 15 is 0 Å². The number of rotatable bonds is 4. The van der Waals surface area contributed by atoms with E-state index in [9.17, 15) is 13.9 Å². The van der Waals surface area contributed by atoms with Crippen molar-refractivity contribution in [3.05, 3.63) is 11.6 Å². The predicted octanol–water partition coefficient (Wildman–Crippen LogP) is 0.705. The molecule has 3 N–H and O–H groups in total. The first-order chi connectivity index (χ1) is 6.52. The fourth-order valence-electron chi connectivity index (χ4n) is 0.527. The highest BCUT2D eigenvalue weighted by molar-refractivity contribution is 7.61. The van der Waals surface area contributed by atoms with Crippen LogP contribution in [-0.4, -0.2) is 20.6 Å². The molecule has 88 valence electrons. The van der Waals surface area contributed by atoms with Gasteiger partial charge in [-0.25, -0.2) is 13.9 Å². The number of carbonyl (C=O) groups excluding carboxylic acids is 1. The zero-order valence-electron chi connectivity index (χ0n) is 7.85. The van der Waals surface area contributed by atoms with Crippen LogP contribution in [0.3, 0.4) is 0 Å². The van der Waals surface area contributed by atoms with Gasteiger partial charge in [-0.05, 0) is 13.8 Å². The molecule has 15 heavy (non-hydrogen) atoms. The number of phosphoric acid groups is 2. The molecule has 0 aromatic heterocycles. The van der Waals surface area contributed by atoms with E-state index in [1.807, 2.05) is 0 Å². The van der Waals surface area contributed by atoms with Crippen LogP contribution >= 0.6 is 15.6 Å². The van der Waals surface area contributed by atoms with Gasteiger partial charge in [-0.1, -0.05) is 5.57 Å². The second kappa shape index (κ2) is 5.03. The summed E-state index contributed by atoms with van der Waals surface area (Å²) in [6.07, 6.45) is 0.867. The molecule has 1 atom stereocenters.